The molecule has 0 aliphatic heterocycles. The van der Waals surface area contributed by atoms with Crippen LogP contribution in [0.4, 0.5) is 0 Å². The molecule has 0 fully saturated rings. The highest BCUT2D eigenvalue weighted by molar-refractivity contribution is 5.77. The Morgan fingerprint density at radius 2 is 2.33 bits per heavy atom. The van der Waals surface area contributed by atoms with Crippen LogP contribution in [0.5, 0.6) is 0 Å². The molecule has 0 saturated heterocycles. The van der Waals surface area contributed by atoms with Crippen molar-refractivity contribution in [2.75, 3.05) is 33.4 Å². The molecule has 1 aromatic rings. The van der Waals surface area contributed by atoms with Gasteiger partial charge in [-0.15, -0.1) is 0 Å². The third-order valence-corrected chi connectivity index (χ3v) is 2.65. The van der Waals surface area contributed by atoms with E-state index in [0.29, 0.717) is 26.2 Å². The van der Waals surface area contributed by atoms with E-state index in [-0.39, 0.29) is 5.91 Å². The Bertz CT molecular complexity index is 352. The van der Waals surface area contributed by atoms with Gasteiger partial charge in [-0.3, -0.25) is 9.89 Å². The highest BCUT2D eigenvalue weighted by Gasteiger charge is 2.02. The molecule has 1 rings (SSSR count). The summed E-state index contributed by atoms with van der Waals surface area (Å²) in [6.07, 6.45) is 3.69. The van der Waals surface area contributed by atoms with Gasteiger partial charge in [0, 0.05) is 25.9 Å². The van der Waals surface area contributed by atoms with Crippen LogP contribution in [0.25, 0.3) is 0 Å². The first-order chi connectivity index (χ1) is 8.74. The van der Waals surface area contributed by atoms with Crippen molar-refractivity contribution >= 4 is 5.91 Å². The molecule has 6 heteroatoms. The third kappa shape index (κ3) is 5.79. The van der Waals surface area contributed by atoms with E-state index in [9.17, 15) is 4.79 Å². The smallest absolute Gasteiger partial charge is 0.233 e. The van der Waals surface area contributed by atoms with Crippen molar-refractivity contribution in [3.8, 4) is 0 Å². The molecular weight excluding hydrogens is 232 g/mol. The summed E-state index contributed by atoms with van der Waals surface area (Å²) >= 11 is 0. The average molecular weight is 254 g/mol. The van der Waals surface area contributed by atoms with Crippen molar-refractivity contribution in [3.63, 3.8) is 0 Å². The van der Waals surface area contributed by atoms with Gasteiger partial charge in [0.25, 0.3) is 0 Å². The molecule has 1 amide bonds. The summed E-state index contributed by atoms with van der Waals surface area (Å²) in [5.41, 5.74) is 2.31. The van der Waals surface area contributed by atoms with Crippen LogP contribution in [0.3, 0.4) is 0 Å². The van der Waals surface area contributed by atoms with Gasteiger partial charge in [-0.25, -0.2) is 0 Å². The molecule has 3 N–H and O–H groups in total. The second-order valence-electron chi connectivity index (χ2n) is 4.14. The molecule has 18 heavy (non-hydrogen) atoms. The van der Waals surface area contributed by atoms with E-state index in [1.807, 2.05) is 13.1 Å². The maximum atomic E-state index is 11.4. The van der Waals surface area contributed by atoms with Gasteiger partial charge in [0.2, 0.25) is 5.91 Å². The molecule has 102 valence electrons. The zero-order valence-electron chi connectivity index (χ0n) is 11.1. The number of aryl methyl sites for hydroxylation is 2. The molecule has 1 heterocycles. The summed E-state index contributed by atoms with van der Waals surface area (Å²) in [4.78, 5) is 11.4. The third-order valence-electron chi connectivity index (χ3n) is 2.65. The van der Waals surface area contributed by atoms with Gasteiger partial charge in [-0.1, -0.05) is 0 Å². The first kappa shape index (κ1) is 14.7. The number of rotatable bonds is 9. The predicted molar refractivity (Wildman–Crippen MR) is 69.4 cm³/mol. The van der Waals surface area contributed by atoms with E-state index in [1.54, 1.807) is 7.11 Å². The quantitative estimate of drug-likeness (QED) is 0.542. The van der Waals surface area contributed by atoms with E-state index in [2.05, 4.69) is 20.8 Å². The van der Waals surface area contributed by atoms with Gasteiger partial charge >= 0.3 is 0 Å². The number of hydrogen-bond acceptors (Lipinski definition) is 4. The monoisotopic (exact) mass is 254 g/mol. The van der Waals surface area contributed by atoms with Gasteiger partial charge in [0.1, 0.15) is 0 Å². The SMILES string of the molecule is COCCNCC(=O)NCCCc1cn[nH]c1C. The zero-order valence-corrected chi connectivity index (χ0v) is 11.1. The van der Waals surface area contributed by atoms with E-state index < -0.39 is 0 Å². The Hall–Kier alpha value is -1.40. The molecule has 0 spiro atoms. The van der Waals surface area contributed by atoms with Crippen LogP contribution in [-0.2, 0) is 16.0 Å². The number of ether oxygens (including phenoxy) is 1. The van der Waals surface area contributed by atoms with Gasteiger partial charge in [0.05, 0.1) is 19.3 Å². The Morgan fingerprint density at radius 3 is 3.00 bits per heavy atom. The van der Waals surface area contributed by atoms with Crippen LogP contribution in [0.15, 0.2) is 6.20 Å². The number of nitrogens with zero attached hydrogens (tertiary/aromatic N) is 1. The fourth-order valence-electron chi connectivity index (χ4n) is 1.57. The highest BCUT2D eigenvalue weighted by Crippen LogP contribution is 2.04. The van der Waals surface area contributed by atoms with Crippen LogP contribution < -0.4 is 10.6 Å². The lowest BCUT2D eigenvalue weighted by atomic mass is 10.1. The Balaban J connectivity index is 2.00. The number of carbonyl (C=O) groups is 1. The second kappa shape index (κ2) is 8.66. The maximum Gasteiger partial charge on any atom is 0.233 e. The van der Waals surface area contributed by atoms with Crippen LogP contribution in [0, 0.1) is 6.92 Å². The molecule has 6 nitrogen and oxygen atoms in total. The van der Waals surface area contributed by atoms with Crippen LogP contribution >= 0.6 is 0 Å². The van der Waals surface area contributed by atoms with Crippen molar-refractivity contribution < 1.29 is 9.53 Å². The van der Waals surface area contributed by atoms with Crippen LogP contribution in [-0.4, -0.2) is 49.5 Å². The molecule has 0 bridgehead atoms. The first-order valence-corrected chi connectivity index (χ1v) is 6.19. The number of H-pyrrole nitrogens is 1. The number of hydrogen-bond donors (Lipinski definition) is 3. The van der Waals surface area contributed by atoms with Crippen molar-refractivity contribution in [2.24, 2.45) is 0 Å². The minimum absolute atomic E-state index is 0.0232. The normalized spacial score (nSPS) is 10.6. The summed E-state index contributed by atoms with van der Waals surface area (Å²) in [7, 11) is 1.64. The van der Waals surface area contributed by atoms with E-state index in [4.69, 9.17) is 4.74 Å². The van der Waals surface area contributed by atoms with Crippen molar-refractivity contribution in [2.45, 2.75) is 19.8 Å². The molecule has 0 saturated carbocycles. The van der Waals surface area contributed by atoms with Crippen LogP contribution in [0.2, 0.25) is 0 Å². The summed E-state index contributed by atoms with van der Waals surface area (Å²) in [6.45, 7) is 4.34. The standard InChI is InChI=1S/C12H22N4O2/c1-10-11(8-15-16-10)4-3-5-14-12(17)9-13-6-7-18-2/h8,13H,3-7,9H2,1-2H3,(H,14,17)(H,15,16). The van der Waals surface area contributed by atoms with Gasteiger partial charge in [-0.05, 0) is 25.3 Å². The minimum Gasteiger partial charge on any atom is -0.383 e. The molecule has 0 radical (unpaired) electrons. The fraction of sp³-hybridized carbons (Fsp3) is 0.667. The molecule has 0 aliphatic rings. The number of methoxy groups -OCH3 is 1. The van der Waals surface area contributed by atoms with E-state index in [0.717, 1.165) is 18.5 Å². The first-order valence-electron chi connectivity index (χ1n) is 6.19. The fourth-order valence-corrected chi connectivity index (χ4v) is 1.57. The Kier molecular flexibility index (Phi) is 7.05. The Morgan fingerprint density at radius 1 is 1.50 bits per heavy atom. The van der Waals surface area contributed by atoms with Crippen molar-refractivity contribution in [3.05, 3.63) is 17.5 Å². The van der Waals surface area contributed by atoms with Crippen molar-refractivity contribution in [1.82, 2.24) is 20.8 Å². The van der Waals surface area contributed by atoms with Gasteiger partial charge in [-0.2, -0.15) is 5.10 Å². The van der Waals surface area contributed by atoms with E-state index in [1.165, 1.54) is 5.56 Å². The topological polar surface area (TPSA) is 79.0 Å². The number of amides is 1. The highest BCUT2D eigenvalue weighted by atomic mass is 16.5. The predicted octanol–water partition coefficient (Wildman–Crippen LogP) is 0.00292. The lowest BCUT2D eigenvalue weighted by Gasteiger charge is -2.06. The van der Waals surface area contributed by atoms with E-state index >= 15 is 0 Å². The molecule has 1 aromatic heterocycles. The minimum atomic E-state index is 0.0232. The number of nitrogens with one attached hydrogen (secondary N) is 3. The molecule has 0 aliphatic carbocycles. The summed E-state index contributed by atoms with van der Waals surface area (Å²) in [5.74, 6) is 0.0232. The van der Waals surface area contributed by atoms with Crippen LogP contribution in [0.1, 0.15) is 17.7 Å². The maximum absolute atomic E-state index is 11.4. The second-order valence-corrected chi connectivity index (χ2v) is 4.14. The molecule has 0 unspecified atom stereocenters. The largest absolute Gasteiger partial charge is 0.383 e. The molecule has 0 aromatic carbocycles. The number of aromatic amines is 1. The molecular formula is C12H22N4O2. The zero-order chi connectivity index (χ0) is 13.2. The molecule has 0 atom stereocenters. The van der Waals surface area contributed by atoms with Gasteiger partial charge in [0.15, 0.2) is 0 Å². The number of carbonyl (C=O) groups excluding carboxylic acids is 1. The van der Waals surface area contributed by atoms with Gasteiger partial charge < -0.3 is 15.4 Å². The summed E-state index contributed by atoms with van der Waals surface area (Å²) < 4.78 is 4.87. The average Bonchev–Trinajstić information content (AvgIpc) is 2.76. The Labute approximate surface area is 107 Å². The lowest BCUT2D eigenvalue weighted by molar-refractivity contribution is -0.120. The lowest BCUT2D eigenvalue weighted by Crippen LogP contribution is -2.35. The number of aromatic nitrogens is 2. The van der Waals surface area contributed by atoms with Crippen molar-refractivity contribution in [1.29, 1.82) is 0 Å². The summed E-state index contributed by atoms with van der Waals surface area (Å²) in [6, 6.07) is 0. The summed E-state index contributed by atoms with van der Waals surface area (Å²) in [5, 5.41) is 12.7.